The van der Waals surface area contributed by atoms with E-state index in [2.05, 4.69) is 0 Å². The molecule has 1 aliphatic heterocycles. The molecule has 4 nitrogen and oxygen atoms in total. The maximum atomic E-state index is 9.66. The Morgan fingerprint density at radius 3 is 2.73 bits per heavy atom. The Labute approximate surface area is 91.7 Å². The number of nitrogens with two attached hydrogens (primary N) is 1. The lowest BCUT2D eigenvalue weighted by Gasteiger charge is -2.24. The molecule has 3 N–H and O–H groups in total. The summed E-state index contributed by atoms with van der Waals surface area (Å²) in [4.78, 5) is 0. The lowest BCUT2D eigenvalue weighted by Crippen LogP contribution is -2.34. The summed E-state index contributed by atoms with van der Waals surface area (Å²) in [5, 5.41) is 9.66. The van der Waals surface area contributed by atoms with Crippen LogP contribution in [0.2, 0.25) is 0 Å². The Bertz CT molecular complexity index is 167. The number of aliphatic hydroxyl groups is 1. The second kappa shape index (κ2) is 6.43. The molecule has 1 unspecified atom stereocenters. The molecular formula is C11H23NO3. The highest BCUT2D eigenvalue weighted by Crippen LogP contribution is 2.13. The molecule has 1 heterocycles. The first-order valence-corrected chi connectivity index (χ1v) is 5.76. The molecule has 4 heteroatoms. The van der Waals surface area contributed by atoms with E-state index in [1.165, 1.54) is 0 Å². The molecule has 1 aliphatic rings. The smallest absolute Gasteiger partial charge is 0.0742 e. The predicted octanol–water partition coefficient (Wildman–Crippen LogP) is 0.672. The Hall–Kier alpha value is -0.160. The fourth-order valence-electron chi connectivity index (χ4n) is 1.65. The minimum absolute atomic E-state index is 0.310. The summed E-state index contributed by atoms with van der Waals surface area (Å²) in [6.07, 6.45) is 3.90. The van der Waals surface area contributed by atoms with Crippen LogP contribution in [0.1, 0.15) is 32.6 Å². The highest BCUT2D eigenvalue weighted by molar-refractivity contribution is 4.72. The van der Waals surface area contributed by atoms with Crippen molar-refractivity contribution in [3.63, 3.8) is 0 Å². The lowest BCUT2D eigenvalue weighted by atomic mass is 10.0. The highest BCUT2D eigenvalue weighted by atomic mass is 16.5. The first-order valence-electron chi connectivity index (χ1n) is 5.76. The van der Waals surface area contributed by atoms with E-state index in [9.17, 15) is 5.11 Å². The Morgan fingerprint density at radius 2 is 2.13 bits per heavy atom. The zero-order valence-electron chi connectivity index (χ0n) is 9.58. The van der Waals surface area contributed by atoms with Crippen molar-refractivity contribution >= 4 is 0 Å². The zero-order valence-corrected chi connectivity index (χ0v) is 9.58. The van der Waals surface area contributed by atoms with Crippen LogP contribution in [0.5, 0.6) is 0 Å². The van der Waals surface area contributed by atoms with Crippen LogP contribution in [-0.4, -0.2) is 43.2 Å². The predicted molar refractivity (Wildman–Crippen MR) is 58.7 cm³/mol. The van der Waals surface area contributed by atoms with E-state index in [-0.39, 0.29) is 0 Å². The molecule has 0 radical (unpaired) electrons. The summed E-state index contributed by atoms with van der Waals surface area (Å²) >= 11 is 0. The lowest BCUT2D eigenvalue weighted by molar-refractivity contribution is -0.0379. The molecule has 0 amide bonds. The van der Waals surface area contributed by atoms with E-state index >= 15 is 0 Å². The van der Waals surface area contributed by atoms with Crippen LogP contribution >= 0.6 is 0 Å². The third-order valence-corrected chi connectivity index (χ3v) is 2.82. The second-order valence-corrected chi connectivity index (χ2v) is 4.49. The molecule has 0 aromatic heterocycles. The van der Waals surface area contributed by atoms with Crippen molar-refractivity contribution in [2.45, 2.75) is 44.3 Å². The number of rotatable bonds is 6. The monoisotopic (exact) mass is 217 g/mol. The van der Waals surface area contributed by atoms with Crippen molar-refractivity contribution in [2.24, 2.45) is 5.73 Å². The van der Waals surface area contributed by atoms with Gasteiger partial charge in [-0.25, -0.2) is 0 Å². The second-order valence-electron chi connectivity index (χ2n) is 4.49. The van der Waals surface area contributed by atoms with Crippen molar-refractivity contribution < 1.29 is 14.6 Å². The Balaban J connectivity index is 2.00. The minimum atomic E-state index is -0.737. The Morgan fingerprint density at radius 1 is 1.47 bits per heavy atom. The molecule has 0 aromatic carbocycles. The van der Waals surface area contributed by atoms with Crippen LogP contribution in [0.4, 0.5) is 0 Å². The van der Waals surface area contributed by atoms with Crippen molar-refractivity contribution in [2.75, 3.05) is 26.4 Å². The molecule has 0 aliphatic carbocycles. The fourth-order valence-corrected chi connectivity index (χ4v) is 1.65. The van der Waals surface area contributed by atoms with E-state index < -0.39 is 5.60 Å². The van der Waals surface area contributed by atoms with Crippen LogP contribution in [0.25, 0.3) is 0 Å². The fraction of sp³-hybridized carbons (Fsp3) is 1.00. The average molecular weight is 217 g/mol. The van der Waals surface area contributed by atoms with Crippen LogP contribution in [0, 0.1) is 0 Å². The van der Waals surface area contributed by atoms with Crippen molar-refractivity contribution in [1.29, 1.82) is 0 Å². The van der Waals surface area contributed by atoms with Crippen LogP contribution in [0.3, 0.4) is 0 Å². The van der Waals surface area contributed by atoms with Gasteiger partial charge in [0.25, 0.3) is 0 Å². The van der Waals surface area contributed by atoms with Crippen LogP contribution in [-0.2, 0) is 9.47 Å². The van der Waals surface area contributed by atoms with Gasteiger partial charge in [0.2, 0.25) is 0 Å². The first kappa shape index (κ1) is 12.9. The molecule has 1 atom stereocenters. The van der Waals surface area contributed by atoms with E-state index in [4.69, 9.17) is 15.2 Å². The Kier molecular flexibility index (Phi) is 5.53. The normalized spacial score (nSPS) is 22.6. The number of ether oxygens (including phenoxy) is 2. The summed E-state index contributed by atoms with van der Waals surface area (Å²) in [6, 6.07) is 0. The van der Waals surface area contributed by atoms with Crippen LogP contribution < -0.4 is 5.73 Å². The minimum Gasteiger partial charge on any atom is -0.389 e. The summed E-state index contributed by atoms with van der Waals surface area (Å²) < 4.78 is 10.9. The van der Waals surface area contributed by atoms with Gasteiger partial charge >= 0.3 is 0 Å². The molecule has 0 spiro atoms. The summed E-state index contributed by atoms with van der Waals surface area (Å²) in [7, 11) is 0. The highest BCUT2D eigenvalue weighted by Gasteiger charge is 2.18. The molecule has 0 bridgehead atoms. The number of hydrogen-bond acceptors (Lipinski definition) is 4. The molecule has 0 saturated carbocycles. The maximum Gasteiger partial charge on any atom is 0.0742 e. The summed E-state index contributed by atoms with van der Waals surface area (Å²) in [5.41, 5.74) is 4.69. The first-order chi connectivity index (χ1) is 7.14. The van der Waals surface area contributed by atoms with Gasteiger partial charge in [0.1, 0.15) is 0 Å². The summed E-state index contributed by atoms with van der Waals surface area (Å²) in [5.74, 6) is 0. The van der Waals surface area contributed by atoms with Crippen LogP contribution in [0.15, 0.2) is 0 Å². The van der Waals surface area contributed by atoms with Gasteiger partial charge in [0.15, 0.2) is 0 Å². The largest absolute Gasteiger partial charge is 0.389 e. The van der Waals surface area contributed by atoms with Gasteiger partial charge in [-0.15, -0.1) is 0 Å². The van der Waals surface area contributed by atoms with E-state index in [0.29, 0.717) is 25.7 Å². The van der Waals surface area contributed by atoms with Gasteiger partial charge in [-0.1, -0.05) is 0 Å². The SMILES string of the molecule is CC(O)(CN)CCCOC1CCOCC1. The third-order valence-electron chi connectivity index (χ3n) is 2.82. The third kappa shape index (κ3) is 5.47. The molecule has 1 rings (SSSR count). The van der Waals surface area contributed by atoms with Gasteiger partial charge in [-0.2, -0.15) is 0 Å². The molecule has 15 heavy (non-hydrogen) atoms. The standard InChI is InChI=1S/C11H23NO3/c1-11(13,9-12)5-2-6-15-10-3-7-14-8-4-10/h10,13H,2-9,12H2,1H3. The van der Waals surface area contributed by atoms with Crippen molar-refractivity contribution in [3.8, 4) is 0 Å². The maximum absolute atomic E-state index is 9.66. The number of hydrogen-bond donors (Lipinski definition) is 2. The van der Waals surface area contributed by atoms with E-state index in [1.54, 1.807) is 6.92 Å². The zero-order chi connectivity index (χ0) is 11.1. The molecule has 90 valence electrons. The van der Waals surface area contributed by atoms with Gasteiger partial charge < -0.3 is 20.3 Å². The summed E-state index contributed by atoms with van der Waals surface area (Å²) in [6.45, 7) is 4.41. The molecule has 1 fully saturated rings. The quantitative estimate of drug-likeness (QED) is 0.642. The topological polar surface area (TPSA) is 64.7 Å². The van der Waals surface area contributed by atoms with Gasteiger partial charge in [0, 0.05) is 26.4 Å². The molecular weight excluding hydrogens is 194 g/mol. The van der Waals surface area contributed by atoms with E-state index in [0.717, 1.165) is 32.5 Å². The van der Waals surface area contributed by atoms with Gasteiger partial charge in [-0.3, -0.25) is 0 Å². The van der Waals surface area contributed by atoms with E-state index in [1.807, 2.05) is 0 Å². The van der Waals surface area contributed by atoms with Crippen molar-refractivity contribution in [3.05, 3.63) is 0 Å². The molecule has 0 aromatic rings. The van der Waals surface area contributed by atoms with Crippen molar-refractivity contribution in [1.82, 2.24) is 0 Å². The average Bonchev–Trinajstić information content (AvgIpc) is 2.26. The molecule has 1 saturated heterocycles. The van der Waals surface area contributed by atoms with Gasteiger partial charge in [-0.05, 0) is 32.6 Å². The van der Waals surface area contributed by atoms with Gasteiger partial charge in [0.05, 0.1) is 11.7 Å².